The van der Waals surface area contributed by atoms with Crippen molar-refractivity contribution in [2.75, 3.05) is 19.8 Å². The second-order valence-electron chi connectivity index (χ2n) is 19.1. The number of aliphatic hydroxyl groups excluding tert-OH is 11. The second-order valence-corrected chi connectivity index (χ2v) is 19.1. The molecule has 7 rings (SSSR count). The van der Waals surface area contributed by atoms with Crippen LogP contribution in [-0.2, 0) is 33.2 Å². The van der Waals surface area contributed by atoms with Gasteiger partial charge in [-0.05, 0) is 85.5 Å². The fraction of sp³-hybridized carbons (Fsp3) is 0.925. The highest BCUT2D eigenvalue weighted by molar-refractivity contribution is 5.78. The molecular formula is C40H64O18. The zero-order valence-electron chi connectivity index (χ0n) is 33.6. The van der Waals surface area contributed by atoms with E-state index in [0.29, 0.717) is 51.4 Å². The van der Waals surface area contributed by atoms with E-state index in [-0.39, 0.29) is 5.41 Å². The molecule has 3 saturated heterocycles. The predicted octanol–water partition coefficient (Wildman–Crippen LogP) is -2.16. The monoisotopic (exact) mass is 832 g/mol. The summed E-state index contributed by atoms with van der Waals surface area (Å²) >= 11 is 0. The van der Waals surface area contributed by atoms with Crippen molar-refractivity contribution >= 4 is 5.97 Å². The van der Waals surface area contributed by atoms with Crippen LogP contribution in [-0.4, -0.2) is 180 Å². The lowest BCUT2D eigenvalue weighted by Crippen LogP contribution is -2.70. The molecule has 2 bridgehead atoms. The van der Waals surface area contributed by atoms with Gasteiger partial charge in [0.15, 0.2) is 12.6 Å². The van der Waals surface area contributed by atoms with E-state index in [1.54, 1.807) is 0 Å². The Balaban J connectivity index is 1.15. The van der Waals surface area contributed by atoms with E-state index < -0.39 is 145 Å². The van der Waals surface area contributed by atoms with Gasteiger partial charge in [0.2, 0.25) is 6.29 Å². The third-order valence-corrected chi connectivity index (χ3v) is 17.0. The summed E-state index contributed by atoms with van der Waals surface area (Å²) in [7, 11) is 0. The summed E-state index contributed by atoms with van der Waals surface area (Å²) in [5.41, 5.74) is -3.19. The molecule has 0 aromatic carbocycles. The van der Waals surface area contributed by atoms with Crippen LogP contribution in [0.5, 0.6) is 0 Å². The Morgan fingerprint density at radius 1 is 0.621 bits per heavy atom. The van der Waals surface area contributed by atoms with Crippen LogP contribution in [0, 0.1) is 27.1 Å². The fourth-order valence-corrected chi connectivity index (χ4v) is 12.6. The maximum atomic E-state index is 14.4. The molecule has 3 heterocycles. The Morgan fingerprint density at radius 2 is 1.14 bits per heavy atom. The first kappa shape index (κ1) is 44.6. The molecule has 7 fully saturated rings. The lowest BCUT2D eigenvalue weighted by molar-refractivity contribution is -0.379. The molecule has 21 unspecified atom stereocenters. The molecule has 0 aromatic rings. The third kappa shape index (κ3) is 6.23. The number of aliphatic hydroxyl groups is 11. The summed E-state index contributed by atoms with van der Waals surface area (Å²) in [6.45, 7) is 11.0. The molecule has 332 valence electrons. The van der Waals surface area contributed by atoms with Gasteiger partial charge in [-0.1, -0.05) is 33.8 Å². The molecule has 4 saturated carbocycles. The van der Waals surface area contributed by atoms with E-state index in [1.165, 1.54) is 0 Å². The Morgan fingerprint density at radius 3 is 1.72 bits per heavy atom. The predicted molar refractivity (Wildman–Crippen MR) is 196 cm³/mol. The van der Waals surface area contributed by atoms with Crippen molar-refractivity contribution in [2.45, 2.75) is 183 Å². The molecule has 0 radical (unpaired) electrons. The zero-order valence-corrected chi connectivity index (χ0v) is 33.6. The van der Waals surface area contributed by atoms with Gasteiger partial charge in [-0.2, -0.15) is 0 Å². The van der Waals surface area contributed by atoms with Gasteiger partial charge in [0, 0.05) is 0 Å². The van der Waals surface area contributed by atoms with Crippen LogP contribution in [0.2, 0.25) is 0 Å². The number of hydrogen-bond acceptors (Lipinski definition) is 18. The molecule has 1 spiro atoms. The Hall–Kier alpha value is -1.43. The van der Waals surface area contributed by atoms with E-state index in [4.69, 9.17) is 28.4 Å². The van der Waals surface area contributed by atoms with Crippen LogP contribution in [0.1, 0.15) is 85.5 Å². The zero-order chi connectivity index (χ0) is 42.5. The highest BCUT2D eigenvalue weighted by Gasteiger charge is 2.77. The fourth-order valence-electron chi connectivity index (χ4n) is 12.6. The van der Waals surface area contributed by atoms with Crippen LogP contribution in [0.4, 0.5) is 0 Å². The van der Waals surface area contributed by atoms with Crippen molar-refractivity contribution in [3.63, 3.8) is 0 Å². The standard InChI is InChI=1S/C40H64O18/c1-18-13-39-11-9-36(3)35(2,34(52)57-32-29(51)26(48)23(45)20(15-42)54-32)7-6-8-37(36,4)38(39,5)10-12-40(18,17-39)58-33-30(27(49)24(46)21(16-43)55-33)56-31-28(50)25(47)22(44)19(14-41)53-31/h19-33,41-51H,1,6-17H2,2-5H3. The van der Waals surface area contributed by atoms with Crippen LogP contribution < -0.4 is 0 Å². The van der Waals surface area contributed by atoms with Crippen LogP contribution in [0.3, 0.4) is 0 Å². The molecular weight excluding hydrogens is 768 g/mol. The van der Waals surface area contributed by atoms with Gasteiger partial charge in [0.25, 0.3) is 0 Å². The molecule has 58 heavy (non-hydrogen) atoms. The third-order valence-electron chi connectivity index (χ3n) is 17.0. The molecule has 7 aliphatic rings. The number of hydrogen-bond donors (Lipinski definition) is 11. The minimum Gasteiger partial charge on any atom is -0.432 e. The number of ether oxygens (including phenoxy) is 6. The minimum atomic E-state index is -1.82. The summed E-state index contributed by atoms with van der Waals surface area (Å²) in [6.07, 6.45) is -18.4. The Kier molecular flexibility index (Phi) is 11.9. The van der Waals surface area contributed by atoms with Gasteiger partial charge in [-0.3, -0.25) is 4.79 Å². The van der Waals surface area contributed by atoms with Crippen molar-refractivity contribution in [3.05, 3.63) is 12.2 Å². The first-order chi connectivity index (χ1) is 27.1. The topological polar surface area (TPSA) is 295 Å². The van der Waals surface area contributed by atoms with Crippen molar-refractivity contribution in [1.29, 1.82) is 0 Å². The number of esters is 1. The molecule has 4 aliphatic carbocycles. The van der Waals surface area contributed by atoms with Gasteiger partial charge in [0.1, 0.15) is 73.2 Å². The number of carbonyl (C=O) groups is 1. The van der Waals surface area contributed by atoms with E-state index in [1.807, 2.05) is 6.92 Å². The summed E-state index contributed by atoms with van der Waals surface area (Å²) < 4.78 is 35.9. The van der Waals surface area contributed by atoms with E-state index in [0.717, 1.165) is 12.0 Å². The van der Waals surface area contributed by atoms with E-state index in [9.17, 15) is 61.0 Å². The van der Waals surface area contributed by atoms with Gasteiger partial charge < -0.3 is 84.6 Å². The maximum absolute atomic E-state index is 14.4. The van der Waals surface area contributed by atoms with E-state index >= 15 is 0 Å². The highest BCUT2D eigenvalue weighted by atomic mass is 16.8. The molecule has 18 nitrogen and oxygen atoms in total. The number of fused-ring (bicyclic) bond motifs is 3. The van der Waals surface area contributed by atoms with Gasteiger partial charge >= 0.3 is 5.97 Å². The molecule has 0 aromatic heterocycles. The smallest absolute Gasteiger partial charge is 0.314 e. The molecule has 0 amide bonds. The lowest BCUT2D eigenvalue weighted by Gasteiger charge is -2.74. The van der Waals surface area contributed by atoms with Gasteiger partial charge in [0.05, 0.1) is 30.8 Å². The summed E-state index contributed by atoms with van der Waals surface area (Å²) in [4.78, 5) is 14.4. The van der Waals surface area contributed by atoms with Crippen molar-refractivity contribution in [3.8, 4) is 0 Å². The average Bonchev–Trinajstić information content (AvgIpc) is 3.44. The molecule has 21 atom stereocenters. The van der Waals surface area contributed by atoms with Crippen molar-refractivity contribution in [2.24, 2.45) is 27.1 Å². The summed E-state index contributed by atoms with van der Waals surface area (Å²) in [6, 6.07) is 0. The largest absolute Gasteiger partial charge is 0.432 e. The lowest BCUT2D eigenvalue weighted by atomic mass is 9.30. The van der Waals surface area contributed by atoms with Crippen molar-refractivity contribution < 1.29 is 89.4 Å². The number of carbonyl (C=O) groups excluding carboxylic acids is 1. The average molecular weight is 833 g/mol. The molecule has 11 N–H and O–H groups in total. The molecule has 18 heteroatoms. The highest BCUT2D eigenvalue weighted by Crippen LogP contribution is 2.82. The van der Waals surface area contributed by atoms with Crippen LogP contribution in [0.15, 0.2) is 12.2 Å². The Bertz CT molecular complexity index is 1550. The first-order valence-corrected chi connectivity index (χ1v) is 20.6. The number of rotatable bonds is 9. The summed E-state index contributed by atoms with van der Waals surface area (Å²) in [5.74, 6) is -0.604. The normalized spacial score (nSPS) is 55.7. The van der Waals surface area contributed by atoms with Crippen molar-refractivity contribution in [1.82, 2.24) is 0 Å². The maximum Gasteiger partial charge on any atom is 0.314 e. The quantitative estimate of drug-likeness (QED) is 0.0670. The van der Waals surface area contributed by atoms with Crippen LogP contribution in [0.25, 0.3) is 0 Å². The Labute approximate surface area is 337 Å². The second kappa shape index (κ2) is 15.4. The van der Waals surface area contributed by atoms with Crippen LogP contribution >= 0.6 is 0 Å². The first-order valence-electron chi connectivity index (χ1n) is 20.6. The summed E-state index contributed by atoms with van der Waals surface area (Å²) in [5, 5.41) is 115. The SMILES string of the molecule is C=C1CC23CCC4(C)C(C)(C(=O)OC5OC(CO)C(O)C(O)C5O)CCCC4(C)C2(C)CCC1(OC1OC(CO)C(O)C(O)C1OC1OC(CO)C(O)C(O)C1O)C3. The van der Waals surface area contributed by atoms with Gasteiger partial charge in [-0.15, -0.1) is 0 Å². The van der Waals surface area contributed by atoms with E-state index in [2.05, 4.69) is 27.4 Å². The van der Waals surface area contributed by atoms with Gasteiger partial charge in [-0.25, -0.2) is 0 Å². The molecule has 3 aliphatic heterocycles. The minimum absolute atomic E-state index is 0.382.